The third kappa shape index (κ3) is 6.34. The van der Waals surface area contributed by atoms with Crippen LogP contribution in [0, 0.1) is 11.6 Å². The lowest BCUT2D eigenvalue weighted by Gasteiger charge is -2.28. The molecule has 0 saturated carbocycles. The van der Waals surface area contributed by atoms with Crippen molar-refractivity contribution in [2.45, 2.75) is 38.0 Å². The summed E-state index contributed by atoms with van der Waals surface area (Å²) in [6, 6.07) is 17.8. The van der Waals surface area contributed by atoms with Gasteiger partial charge < -0.3 is 19.9 Å². The number of rotatable bonds is 10. The molecule has 0 unspecified atom stereocenters. The molecule has 0 aromatic heterocycles. The fraction of sp³-hybridized carbons (Fsp3) is 0.286. The van der Waals surface area contributed by atoms with Crippen LogP contribution in [0.1, 0.15) is 30.0 Å². The van der Waals surface area contributed by atoms with Crippen molar-refractivity contribution in [3.05, 3.63) is 99.5 Å². The summed E-state index contributed by atoms with van der Waals surface area (Å²) in [5.74, 6) is -0.703. The van der Waals surface area contributed by atoms with Gasteiger partial charge in [-0.1, -0.05) is 28.1 Å². The minimum absolute atomic E-state index is 0.0414. The summed E-state index contributed by atoms with van der Waals surface area (Å²) in [7, 11) is 0. The molecule has 0 aliphatic carbocycles. The maximum absolute atomic E-state index is 14.2. The molecule has 0 fully saturated rings. The fourth-order valence-electron chi connectivity index (χ4n) is 4.06. The van der Waals surface area contributed by atoms with Crippen molar-refractivity contribution in [3.8, 4) is 5.75 Å². The molecule has 194 valence electrons. The van der Waals surface area contributed by atoms with Gasteiger partial charge in [0.25, 0.3) is 5.91 Å². The maximum Gasteiger partial charge on any atom is 0.252 e. The topological polar surface area (TPSA) is 80.2 Å². The molecular weight excluding hydrogens is 546 g/mol. The van der Waals surface area contributed by atoms with Gasteiger partial charge in [0.2, 0.25) is 5.90 Å². The molecule has 9 heteroatoms. The number of nitrogens with zero attached hydrogens (tertiary/aromatic N) is 1. The Balaban J connectivity index is 1.61. The van der Waals surface area contributed by atoms with Crippen molar-refractivity contribution >= 4 is 27.7 Å². The van der Waals surface area contributed by atoms with E-state index in [-0.39, 0.29) is 25.1 Å². The third-order valence-electron chi connectivity index (χ3n) is 6.16. The Kier molecular flexibility index (Phi) is 8.56. The number of aliphatic imine (C=N–C) groups is 1. The van der Waals surface area contributed by atoms with Crippen LogP contribution in [0.3, 0.4) is 0 Å². The number of nitrogens with one attached hydrogen (secondary N) is 1. The lowest BCUT2D eigenvalue weighted by molar-refractivity contribution is -0.128. The van der Waals surface area contributed by atoms with Gasteiger partial charge >= 0.3 is 0 Å². The van der Waals surface area contributed by atoms with Crippen LogP contribution >= 0.6 is 15.9 Å². The van der Waals surface area contributed by atoms with Crippen LogP contribution < -0.4 is 10.1 Å². The summed E-state index contributed by atoms with van der Waals surface area (Å²) in [5.41, 5.74) is 0.245. The predicted molar refractivity (Wildman–Crippen MR) is 140 cm³/mol. The number of carbonyl (C=O) groups excluding carboxylic acids is 1. The van der Waals surface area contributed by atoms with Crippen molar-refractivity contribution in [2.24, 2.45) is 4.99 Å². The second-order valence-corrected chi connectivity index (χ2v) is 9.69. The number of hydrogen-bond acceptors (Lipinski definition) is 5. The van der Waals surface area contributed by atoms with E-state index in [4.69, 9.17) is 19.6 Å². The van der Waals surface area contributed by atoms with Gasteiger partial charge in [-0.05, 0) is 67.1 Å². The highest BCUT2D eigenvalue weighted by molar-refractivity contribution is 9.10. The summed E-state index contributed by atoms with van der Waals surface area (Å²) in [5, 5.41) is 11.7. The second kappa shape index (κ2) is 11.8. The van der Waals surface area contributed by atoms with E-state index in [0.717, 1.165) is 28.2 Å². The molecule has 0 spiro atoms. The van der Waals surface area contributed by atoms with Crippen molar-refractivity contribution < 1.29 is 28.2 Å². The molecule has 1 heterocycles. The van der Waals surface area contributed by atoms with Crippen molar-refractivity contribution in [3.63, 3.8) is 0 Å². The molecular formula is C28H27BrF2N2O4. The van der Waals surface area contributed by atoms with Gasteiger partial charge in [0.05, 0.1) is 6.61 Å². The van der Waals surface area contributed by atoms with E-state index in [2.05, 4.69) is 21.2 Å². The first-order valence-electron chi connectivity index (χ1n) is 11.9. The van der Waals surface area contributed by atoms with Crippen LogP contribution in [0.25, 0.3) is 0 Å². The van der Waals surface area contributed by atoms with E-state index in [0.29, 0.717) is 30.2 Å². The zero-order chi connectivity index (χ0) is 26.4. The Morgan fingerprint density at radius 1 is 1.14 bits per heavy atom. The summed E-state index contributed by atoms with van der Waals surface area (Å²) < 4.78 is 40.4. The monoisotopic (exact) mass is 572 g/mol. The molecule has 2 N–H and O–H groups in total. The highest BCUT2D eigenvalue weighted by atomic mass is 79.9. The molecule has 1 aliphatic heterocycles. The molecule has 2 atom stereocenters. The molecule has 0 radical (unpaired) electrons. The van der Waals surface area contributed by atoms with Gasteiger partial charge in [-0.2, -0.15) is 0 Å². The molecule has 0 bridgehead atoms. The summed E-state index contributed by atoms with van der Waals surface area (Å²) in [6.45, 7) is 2.02. The van der Waals surface area contributed by atoms with Gasteiger partial charge in [0, 0.05) is 41.6 Å². The predicted octanol–water partition coefficient (Wildman–Crippen LogP) is 4.95. The fourth-order valence-corrected chi connectivity index (χ4v) is 4.33. The smallest absolute Gasteiger partial charge is 0.252 e. The Morgan fingerprint density at radius 3 is 2.57 bits per heavy atom. The van der Waals surface area contributed by atoms with E-state index in [1.165, 1.54) is 0 Å². The summed E-state index contributed by atoms with van der Waals surface area (Å²) in [4.78, 5) is 18.4. The highest BCUT2D eigenvalue weighted by Gasteiger charge is 2.50. The zero-order valence-corrected chi connectivity index (χ0v) is 21.8. The Hall–Kier alpha value is -3.30. The molecule has 37 heavy (non-hydrogen) atoms. The van der Waals surface area contributed by atoms with Crippen LogP contribution in [0.15, 0.2) is 76.2 Å². The van der Waals surface area contributed by atoms with Crippen LogP contribution in [-0.4, -0.2) is 41.8 Å². The highest BCUT2D eigenvalue weighted by Crippen LogP contribution is 2.33. The van der Waals surface area contributed by atoms with Crippen LogP contribution in [-0.2, 0) is 22.5 Å². The van der Waals surface area contributed by atoms with Crippen molar-refractivity contribution in [1.29, 1.82) is 0 Å². The van der Waals surface area contributed by atoms with Gasteiger partial charge in [0.1, 0.15) is 23.5 Å². The van der Waals surface area contributed by atoms with E-state index in [9.17, 15) is 13.6 Å². The Morgan fingerprint density at radius 2 is 1.86 bits per heavy atom. The standard InChI is InChI=1S/C28H27BrF2N2O4/c1-18-28(16-19-3-7-22(29)8-4-19,27(35)32-17-21-15-23(30)9-12-25(21)31)33-26(37-18)20-5-10-24(11-6-20)36-14-2-13-34/h3-12,15,18,34H,2,13-14,16-17H2,1H3,(H,32,35)/t18-,28-/m1/s1. The molecule has 1 aliphatic rings. The first kappa shape index (κ1) is 26.8. The van der Waals surface area contributed by atoms with Crippen molar-refractivity contribution in [1.82, 2.24) is 5.32 Å². The number of halogens is 3. The zero-order valence-electron chi connectivity index (χ0n) is 20.2. The second-order valence-electron chi connectivity index (χ2n) is 8.77. The number of benzene rings is 3. The van der Waals surface area contributed by atoms with Gasteiger partial charge in [-0.15, -0.1) is 0 Å². The summed E-state index contributed by atoms with van der Waals surface area (Å²) >= 11 is 3.42. The van der Waals surface area contributed by atoms with Crippen molar-refractivity contribution in [2.75, 3.05) is 13.2 Å². The average molecular weight is 573 g/mol. The maximum atomic E-state index is 14.2. The SMILES string of the molecule is C[C@H]1OC(c2ccc(OCCCO)cc2)=N[C@@]1(Cc1ccc(Br)cc1)C(=O)NCc1cc(F)ccc1F. The number of amides is 1. The van der Waals surface area contributed by atoms with E-state index >= 15 is 0 Å². The number of carbonyl (C=O) groups is 1. The minimum atomic E-state index is -1.33. The number of hydrogen-bond donors (Lipinski definition) is 2. The normalized spacial score (nSPS) is 18.7. The number of aliphatic hydroxyl groups excluding tert-OH is 1. The van der Waals surface area contributed by atoms with Crippen LogP contribution in [0.2, 0.25) is 0 Å². The van der Waals surface area contributed by atoms with Gasteiger partial charge in [-0.25, -0.2) is 13.8 Å². The lowest BCUT2D eigenvalue weighted by Crippen LogP contribution is -2.52. The summed E-state index contributed by atoms with van der Waals surface area (Å²) in [6.07, 6.45) is 0.136. The number of aliphatic hydroxyl groups is 1. The van der Waals surface area contributed by atoms with E-state index in [1.807, 2.05) is 24.3 Å². The van der Waals surface area contributed by atoms with Crippen LogP contribution in [0.5, 0.6) is 5.75 Å². The molecule has 3 aromatic carbocycles. The Labute approximate surface area is 222 Å². The molecule has 3 aromatic rings. The van der Waals surface area contributed by atoms with Gasteiger partial charge in [0.15, 0.2) is 5.54 Å². The van der Waals surface area contributed by atoms with Crippen LogP contribution in [0.4, 0.5) is 8.78 Å². The van der Waals surface area contributed by atoms with Gasteiger partial charge in [-0.3, -0.25) is 4.79 Å². The third-order valence-corrected chi connectivity index (χ3v) is 6.69. The average Bonchev–Trinajstić information content (AvgIpc) is 3.23. The largest absolute Gasteiger partial charge is 0.494 e. The van der Waals surface area contributed by atoms with E-state index < -0.39 is 29.2 Å². The minimum Gasteiger partial charge on any atom is -0.494 e. The lowest BCUT2D eigenvalue weighted by atomic mass is 9.86. The molecule has 1 amide bonds. The first-order valence-corrected chi connectivity index (χ1v) is 12.7. The molecule has 6 nitrogen and oxygen atoms in total. The quantitative estimate of drug-likeness (QED) is 0.337. The Bertz CT molecular complexity index is 1270. The molecule has 0 saturated heterocycles. The first-order chi connectivity index (χ1) is 17.8. The number of ether oxygens (including phenoxy) is 2. The van der Waals surface area contributed by atoms with E-state index in [1.54, 1.807) is 31.2 Å². The molecule has 4 rings (SSSR count).